The average molecular weight is 257 g/mol. The van der Waals surface area contributed by atoms with Gasteiger partial charge in [0.2, 0.25) is 0 Å². The van der Waals surface area contributed by atoms with Crippen molar-refractivity contribution in [3.63, 3.8) is 0 Å². The van der Waals surface area contributed by atoms with Crippen LogP contribution in [-0.4, -0.2) is 26.9 Å². The molecule has 2 rings (SSSR count). The van der Waals surface area contributed by atoms with E-state index in [9.17, 15) is 0 Å². The Balaban J connectivity index is 2.42. The molecule has 7 heteroatoms. The highest BCUT2D eigenvalue weighted by atomic mass is 35.5. The Bertz CT molecular complexity index is 496. The van der Waals surface area contributed by atoms with E-state index in [0.717, 1.165) is 0 Å². The lowest BCUT2D eigenvalue weighted by Gasteiger charge is -2.02. The smallest absolute Gasteiger partial charge is 0.423 e. The van der Waals surface area contributed by atoms with Gasteiger partial charge in [0.25, 0.3) is 0 Å². The summed E-state index contributed by atoms with van der Waals surface area (Å²) in [4.78, 5) is 0. The zero-order valence-corrected chi connectivity index (χ0v) is 9.52. The van der Waals surface area contributed by atoms with Crippen LogP contribution in [0.4, 0.5) is 0 Å². The van der Waals surface area contributed by atoms with Crippen molar-refractivity contribution in [2.24, 2.45) is 0 Å². The van der Waals surface area contributed by atoms with Crippen molar-refractivity contribution in [1.82, 2.24) is 9.78 Å². The number of nitrogens with zero attached hydrogens (tertiary/aromatic N) is 2. The van der Waals surface area contributed by atoms with Crippen LogP contribution < -0.4 is 5.46 Å². The van der Waals surface area contributed by atoms with Crippen molar-refractivity contribution in [3.05, 3.63) is 40.6 Å². The third-order valence-electron chi connectivity index (χ3n) is 2.01. The van der Waals surface area contributed by atoms with Gasteiger partial charge < -0.3 is 10.0 Å². The van der Waals surface area contributed by atoms with Gasteiger partial charge in [-0.3, -0.25) is 0 Å². The van der Waals surface area contributed by atoms with Crippen LogP contribution in [-0.2, 0) is 0 Å². The molecule has 2 aromatic rings. The molecule has 0 aliphatic rings. The maximum absolute atomic E-state index is 8.94. The predicted octanol–water partition coefficient (Wildman–Crippen LogP) is 0.859. The first-order valence-electron chi connectivity index (χ1n) is 4.43. The highest BCUT2D eigenvalue weighted by Gasteiger charge is 2.13. The molecule has 1 heterocycles. The van der Waals surface area contributed by atoms with E-state index in [1.807, 2.05) is 0 Å². The van der Waals surface area contributed by atoms with Gasteiger partial charge in [-0.15, -0.1) is 0 Å². The van der Waals surface area contributed by atoms with E-state index in [2.05, 4.69) is 5.10 Å². The van der Waals surface area contributed by atoms with Gasteiger partial charge in [0.1, 0.15) is 0 Å². The van der Waals surface area contributed by atoms with E-state index < -0.39 is 7.12 Å². The third-order valence-corrected chi connectivity index (χ3v) is 2.45. The zero-order chi connectivity index (χ0) is 11.7. The molecule has 82 valence electrons. The lowest BCUT2D eigenvalue weighted by atomic mass is 9.83. The molecule has 0 unspecified atom stereocenters. The predicted molar refractivity (Wildman–Crippen MR) is 63.4 cm³/mol. The molecule has 4 nitrogen and oxygen atoms in total. The van der Waals surface area contributed by atoms with E-state index in [1.54, 1.807) is 18.2 Å². The Morgan fingerprint density at radius 1 is 1.12 bits per heavy atom. The third kappa shape index (κ3) is 2.39. The highest BCUT2D eigenvalue weighted by molar-refractivity contribution is 6.58. The van der Waals surface area contributed by atoms with E-state index >= 15 is 0 Å². The van der Waals surface area contributed by atoms with Crippen molar-refractivity contribution in [2.75, 3.05) is 0 Å². The van der Waals surface area contributed by atoms with Gasteiger partial charge in [-0.2, -0.15) is 5.10 Å². The standard InChI is InChI=1S/C9H7BCl2N2O2/c11-7-1-8(12)3-9(2-7)14-5-6(4-13-14)10(15)16/h1-5,15-16H. The molecular weight excluding hydrogens is 250 g/mol. The van der Waals surface area contributed by atoms with Crippen molar-refractivity contribution >= 4 is 35.8 Å². The fraction of sp³-hybridized carbons (Fsp3) is 0. The molecule has 0 saturated heterocycles. The normalized spacial score (nSPS) is 10.5. The topological polar surface area (TPSA) is 58.3 Å². The van der Waals surface area contributed by atoms with Gasteiger partial charge in [-0.25, -0.2) is 4.68 Å². The Hall–Kier alpha value is -1.01. The van der Waals surface area contributed by atoms with Crippen LogP contribution in [0.2, 0.25) is 10.0 Å². The van der Waals surface area contributed by atoms with Gasteiger partial charge in [0, 0.05) is 27.9 Å². The van der Waals surface area contributed by atoms with Crippen molar-refractivity contribution in [1.29, 1.82) is 0 Å². The second kappa shape index (κ2) is 4.47. The van der Waals surface area contributed by atoms with E-state index in [4.69, 9.17) is 33.2 Å². The van der Waals surface area contributed by atoms with Crippen LogP contribution in [0.3, 0.4) is 0 Å². The number of benzene rings is 1. The summed E-state index contributed by atoms with van der Waals surface area (Å²) >= 11 is 11.7. The molecule has 0 amide bonds. The van der Waals surface area contributed by atoms with Gasteiger partial charge in [-0.1, -0.05) is 23.2 Å². The summed E-state index contributed by atoms with van der Waals surface area (Å²) in [6.07, 6.45) is 2.85. The lowest BCUT2D eigenvalue weighted by Crippen LogP contribution is -2.28. The van der Waals surface area contributed by atoms with Gasteiger partial charge in [0.15, 0.2) is 0 Å². The minimum Gasteiger partial charge on any atom is -0.423 e. The van der Waals surface area contributed by atoms with Crippen LogP contribution in [0, 0.1) is 0 Å². The Morgan fingerprint density at radius 2 is 1.75 bits per heavy atom. The number of aromatic nitrogens is 2. The first-order valence-corrected chi connectivity index (χ1v) is 5.19. The molecular formula is C9H7BCl2N2O2. The lowest BCUT2D eigenvalue weighted by molar-refractivity contribution is 0.426. The monoisotopic (exact) mass is 256 g/mol. The fourth-order valence-corrected chi connectivity index (χ4v) is 1.80. The summed E-state index contributed by atoms with van der Waals surface area (Å²) in [5, 5.41) is 22.8. The molecule has 0 atom stereocenters. The maximum Gasteiger partial charge on any atom is 0.491 e. The minimum absolute atomic E-state index is 0.302. The van der Waals surface area contributed by atoms with Crippen LogP contribution in [0.25, 0.3) is 5.69 Å². The average Bonchev–Trinajstić information content (AvgIpc) is 2.64. The first kappa shape index (κ1) is 11.5. The molecule has 0 aliphatic heterocycles. The number of halogens is 2. The Morgan fingerprint density at radius 3 is 2.25 bits per heavy atom. The van der Waals surface area contributed by atoms with E-state index in [-0.39, 0.29) is 0 Å². The Labute approximate surface area is 102 Å². The summed E-state index contributed by atoms with van der Waals surface area (Å²) in [5.41, 5.74) is 0.959. The van der Waals surface area contributed by atoms with Gasteiger partial charge in [-0.05, 0) is 18.2 Å². The summed E-state index contributed by atoms with van der Waals surface area (Å²) in [6, 6.07) is 4.96. The quantitative estimate of drug-likeness (QED) is 0.784. The summed E-state index contributed by atoms with van der Waals surface area (Å²) in [5.74, 6) is 0. The molecule has 2 N–H and O–H groups in total. The van der Waals surface area contributed by atoms with Crippen LogP contribution in [0.15, 0.2) is 30.6 Å². The summed E-state index contributed by atoms with van der Waals surface area (Å²) in [7, 11) is -1.54. The molecule has 1 aromatic carbocycles. The van der Waals surface area contributed by atoms with Crippen molar-refractivity contribution in [2.45, 2.75) is 0 Å². The molecule has 0 radical (unpaired) electrons. The fourth-order valence-electron chi connectivity index (χ4n) is 1.28. The van der Waals surface area contributed by atoms with Crippen LogP contribution in [0.5, 0.6) is 0 Å². The summed E-state index contributed by atoms with van der Waals surface area (Å²) in [6.45, 7) is 0. The molecule has 16 heavy (non-hydrogen) atoms. The van der Waals surface area contributed by atoms with Crippen LogP contribution >= 0.6 is 23.2 Å². The van der Waals surface area contributed by atoms with E-state index in [1.165, 1.54) is 17.1 Å². The second-order valence-electron chi connectivity index (χ2n) is 3.22. The van der Waals surface area contributed by atoms with Crippen LogP contribution in [0.1, 0.15) is 0 Å². The van der Waals surface area contributed by atoms with Crippen molar-refractivity contribution in [3.8, 4) is 5.69 Å². The molecule has 0 bridgehead atoms. The minimum atomic E-state index is -1.54. The highest BCUT2D eigenvalue weighted by Crippen LogP contribution is 2.20. The SMILES string of the molecule is OB(O)c1cnn(-c2cc(Cl)cc(Cl)c2)c1. The summed E-state index contributed by atoms with van der Waals surface area (Å²) < 4.78 is 1.46. The van der Waals surface area contributed by atoms with Gasteiger partial charge in [0.05, 0.1) is 5.69 Å². The molecule has 1 aromatic heterocycles. The number of rotatable bonds is 2. The van der Waals surface area contributed by atoms with E-state index in [0.29, 0.717) is 21.2 Å². The van der Waals surface area contributed by atoms with Crippen molar-refractivity contribution < 1.29 is 10.0 Å². The largest absolute Gasteiger partial charge is 0.491 e. The molecule has 0 saturated carbocycles. The maximum atomic E-state index is 8.94. The molecule has 0 aliphatic carbocycles. The Kier molecular flexibility index (Phi) is 3.21. The second-order valence-corrected chi connectivity index (χ2v) is 4.09. The van der Waals surface area contributed by atoms with Gasteiger partial charge >= 0.3 is 7.12 Å². The molecule has 0 spiro atoms. The number of hydrogen-bond donors (Lipinski definition) is 2. The zero-order valence-electron chi connectivity index (χ0n) is 8.01. The molecule has 0 fully saturated rings. The first-order chi connectivity index (χ1) is 7.56. The number of hydrogen-bond acceptors (Lipinski definition) is 3.